The molecule has 0 aliphatic heterocycles. The normalized spacial score (nSPS) is 11.3. The van der Waals surface area contributed by atoms with Crippen molar-refractivity contribution in [3.05, 3.63) is 32.9 Å². The van der Waals surface area contributed by atoms with Crippen molar-refractivity contribution >= 4 is 45.7 Å². The maximum atomic E-state index is 9.22. The molecule has 0 saturated carbocycles. The summed E-state index contributed by atoms with van der Waals surface area (Å²) >= 11 is 17.9. The molecule has 1 heterocycles. The standard InChI is InChI=1S/C10H8Cl3NO/c1-14-9-3-8(12)7(11)2-5(9)6(4-15)10(14)13/h2-3,15H,4H2,1H3. The zero-order valence-corrected chi connectivity index (χ0v) is 10.2. The van der Waals surface area contributed by atoms with Gasteiger partial charge >= 0.3 is 0 Å². The first-order chi connectivity index (χ1) is 7.06. The second-order valence-corrected chi connectivity index (χ2v) is 4.44. The van der Waals surface area contributed by atoms with E-state index in [1.807, 2.05) is 7.05 Å². The van der Waals surface area contributed by atoms with Gasteiger partial charge in [-0.05, 0) is 12.1 Å². The maximum Gasteiger partial charge on any atom is 0.115 e. The van der Waals surface area contributed by atoms with E-state index in [1.54, 1.807) is 16.7 Å². The third-order valence-electron chi connectivity index (χ3n) is 2.43. The molecule has 2 nitrogen and oxygen atoms in total. The molecule has 0 amide bonds. The van der Waals surface area contributed by atoms with Gasteiger partial charge in [0.1, 0.15) is 5.15 Å². The highest BCUT2D eigenvalue weighted by Gasteiger charge is 2.14. The number of nitrogens with zero attached hydrogens (tertiary/aromatic N) is 1. The molecule has 0 saturated heterocycles. The highest BCUT2D eigenvalue weighted by atomic mass is 35.5. The lowest BCUT2D eigenvalue weighted by atomic mass is 10.2. The molecule has 0 aliphatic carbocycles. The van der Waals surface area contributed by atoms with Crippen LogP contribution in [-0.2, 0) is 13.7 Å². The number of aromatic nitrogens is 1. The topological polar surface area (TPSA) is 25.2 Å². The van der Waals surface area contributed by atoms with E-state index in [9.17, 15) is 5.11 Å². The van der Waals surface area contributed by atoms with Gasteiger partial charge < -0.3 is 9.67 Å². The van der Waals surface area contributed by atoms with E-state index < -0.39 is 0 Å². The Kier molecular flexibility index (Phi) is 2.86. The zero-order valence-electron chi connectivity index (χ0n) is 7.89. The summed E-state index contributed by atoms with van der Waals surface area (Å²) in [4.78, 5) is 0. The molecule has 80 valence electrons. The molecule has 0 fully saturated rings. The van der Waals surface area contributed by atoms with Crippen LogP contribution in [-0.4, -0.2) is 9.67 Å². The van der Waals surface area contributed by atoms with Gasteiger partial charge in [0.25, 0.3) is 0 Å². The summed E-state index contributed by atoms with van der Waals surface area (Å²) in [5, 5.41) is 11.5. The van der Waals surface area contributed by atoms with Gasteiger partial charge in [-0.1, -0.05) is 34.8 Å². The first-order valence-corrected chi connectivity index (χ1v) is 5.42. The Bertz CT molecular complexity index is 533. The quantitative estimate of drug-likeness (QED) is 0.836. The zero-order chi connectivity index (χ0) is 11.2. The molecule has 1 aromatic heterocycles. The Morgan fingerprint density at radius 3 is 2.40 bits per heavy atom. The van der Waals surface area contributed by atoms with Gasteiger partial charge in [0, 0.05) is 18.0 Å². The first kappa shape index (κ1) is 11.1. The average Bonchev–Trinajstić information content (AvgIpc) is 2.42. The molecule has 0 bridgehead atoms. The summed E-state index contributed by atoms with van der Waals surface area (Å²) in [6.07, 6.45) is 0. The van der Waals surface area contributed by atoms with Gasteiger partial charge in [-0.25, -0.2) is 0 Å². The molecule has 1 aromatic carbocycles. The maximum absolute atomic E-state index is 9.22. The van der Waals surface area contributed by atoms with Crippen LogP contribution in [0.4, 0.5) is 0 Å². The number of aryl methyl sites for hydroxylation is 1. The lowest BCUT2D eigenvalue weighted by Crippen LogP contribution is -1.87. The number of aliphatic hydroxyl groups is 1. The van der Waals surface area contributed by atoms with E-state index in [0.717, 1.165) is 10.9 Å². The van der Waals surface area contributed by atoms with Crippen LogP contribution in [0, 0.1) is 0 Å². The van der Waals surface area contributed by atoms with Crippen LogP contribution < -0.4 is 0 Å². The highest BCUT2D eigenvalue weighted by Crippen LogP contribution is 2.34. The minimum absolute atomic E-state index is 0.117. The number of halogens is 3. The lowest BCUT2D eigenvalue weighted by Gasteiger charge is -1.99. The van der Waals surface area contributed by atoms with E-state index >= 15 is 0 Å². The Balaban J connectivity index is 2.91. The van der Waals surface area contributed by atoms with Crippen molar-refractivity contribution in [2.24, 2.45) is 7.05 Å². The van der Waals surface area contributed by atoms with Gasteiger partial charge in [-0.2, -0.15) is 0 Å². The molecular formula is C10H8Cl3NO. The molecule has 5 heteroatoms. The summed E-state index contributed by atoms with van der Waals surface area (Å²) in [6.45, 7) is -0.117. The first-order valence-electron chi connectivity index (χ1n) is 4.29. The van der Waals surface area contributed by atoms with E-state index in [-0.39, 0.29) is 6.61 Å². The summed E-state index contributed by atoms with van der Waals surface area (Å²) in [7, 11) is 1.81. The fourth-order valence-corrected chi connectivity index (χ4v) is 2.20. The fourth-order valence-electron chi connectivity index (χ4n) is 1.63. The third kappa shape index (κ3) is 1.62. The van der Waals surface area contributed by atoms with Crippen molar-refractivity contribution in [2.75, 3.05) is 0 Å². The van der Waals surface area contributed by atoms with Crippen LogP contribution >= 0.6 is 34.8 Å². The molecule has 1 N–H and O–H groups in total. The third-order valence-corrected chi connectivity index (χ3v) is 3.63. The smallest absolute Gasteiger partial charge is 0.115 e. The summed E-state index contributed by atoms with van der Waals surface area (Å²) in [5.41, 5.74) is 1.53. The Morgan fingerprint density at radius 2 is 1.80 bits per heavy atom. The molecule has 0 atom stereocenters. The van der Waals surface area contributed by atoms with Crippen molar-refractivity contribution in [1.29, 1.82) is 0 Å². The second kappa shape index (κ2) is 3.87. The summed E-state index contributed by atoms with van der Waals surface area (Å²) in [5.74, 6) is 0. The van der Waals surface area contributed by atoms with Crippen LogP contribution in [0.2, 0.25) is 15.2 Å². The van der Waals surface area contributed by atoms with Crippen LogP contribution in [0.15, 0.2) is 12.1 Å². The van der Waals surface area contributed by atoms with Crippen LogP contribution in [0.1, 0.15) is 5.56 Å². The van der Waals surface area contributed by atoms with Crippen molar-refractivity contribution < 1.29 is 5.11 Å². The van der Waals surface area contributed by atoms with Crippen LogP contribution in [0.25, 0.3) is 10.9 Å². The van der Waals surface area contributed by atoms with Crippen molar-refractivity contribution in [1.82, 2.24) is 4.57 Å². The largest absolute Gasteiger partial charge is 0.392 e. The highest BCUT2D eigenvalue weighted by molar-refractivity contribution is 6.43. The van der Waals surface area contributed by atoms with Gasteiger partial charge in [0.05, 0.1) is 22.2 Å². The Morgan fingerprint density at radius 1 is 1.20 bits per heavy atom. The van der Waals surface area contributed by atoms with Crippen molar-refractivity contribution in [3.8, 4) is 0 Å². The lowest BCUT2D eigenvalue weighted by molar-refractivity contribution is 0.283. The van der Waals surface area contributed by atoms with Crippen molar-refractivity contribution in [3.63, 3.8) is 0 Å². The molecular weight excluding hydrogens is 256 g/mol. The van der Waals surface area contributed by atoms with Gasteiger partial charge in [0.2, 0.25) is 0 Å². The van der Waals surface area contributed by atoms with Gasteiger partial charge in [-0.15, -0.1) is 0 Å². The summed E-state index contributed by atoms with van der Waals surface area (Å²) in [6, 6.07) is 3.46. The fraction of sp³-hybridized carbons (Fsp3) is 0.200. The summed E-state index contributed by atoms with van der Waals surface area (Å²) < 4.78 is 1.77. The molecule has 15 heavy (non-hydrogen) atoms. The molecule has 2 rings (SSSR count). The number of benzene rings is 1. The predicted molar refractivity (Wildman–Crippen MR) is 63.9 cm³/mol. The van der Waals surface area contributed by atoms with E-state index in [1.165, 1.54) is 0 Å². The SMILES string of the molecule is Cn1c(Cl)c(CO)c2cc(Cl)c(Cl)cc21. The van der Waals surface area contributed by atoms with E-state index in [2.05, 4.69) is 0 Å². The van der Waals surface area contributed by atoms with Crippen LogP contribution in [0.3, 0.4) is 0 Å². The second-order valence-electron chi connectivity index (χ2n) is 3.27. The molecule has 0 radical (unpaired) electrons. The Labute approximate surface area is 102 Å². The van der Waals surface area contributed by atoms with E-state index in [0.29, 0.717) is 20.8 Å². The molecule has 2 aromatic rings. The molecule has 0 unspecified atom stereocenters. The molecule has 0 spiro atoms. The number of hydrogen-bond acceptors (Lipinski definition) is 1. The Hall–Kier alpha value is -0.410. The van der Waals surface area contributed by atoms with Gasteiger partial charge in [0.15, 0.2) is 0 Å². The molecule has 0 aliphatic rings. The monoisotopic (exact) mass is 263 g/mol. The minimum atomic E-state index is -0.117. The number of hydrogen-bond donors (Lipinski definition) is 1. The van der Waals surface area contributed by atoms with Crippen molar-refractivity contribution in [2.45, 2.75) is 6.61 Å². The van der Waals surface area contributed by atoms with Crippen LogP contribution in [0.5, 0.6) is 0 Å². The van der Waals surface area contributed by atoms with Gasteiger partial charge in [-0.3, -0.25) is 0 Å². The number of aliphatic hydroxyl groups excluding tert-OH is 1. The van der Waals surface area contributed by atoms with E-state index in [4.69, 9.17) is 34.8 Å². The average molecular weight is 265 g/mol. The number of rotatable bonds is 1. The minimum Gasteiger partial charge on any atom is -0.392 e. The number of fused-ring (bicyclic) bond motifs is 1. The predicted octanol–water partition coefficient (Wildman–Crippen LogP) is 3.63.